The number of hydrogen-bond donors (Lipinski definition) is 1. The number of hydrogen-bond acceptors (Lipinski definition) is 6. The number of ether oxygens (including phenoxy) is 3. The first-order valence-corrected chi connectivity index (χ1v) is 12.9. The van der Waals surface area contributed by atoms with Crippen LogP contribution in [0.15, 0.2) is 41.5 Å². The van der Waals surface area contributed by atoms with E-state index in [1.807, 2.05) is 16.9 Å². The van der Waals surface area contributed by atoms with Crippen molar-refractivity contribution in [1.29, 1.82) is 0 Å². The monoisotopic (exact) mass is 508 g/mol. The molecule has 4 heterocycles. The van der Waals surface area contributed by atoms with E-state index in [0.717, 1.165) is 43.0 Å². The number of carbonyl (C=O) groups is 1. The van der Waals surface area contributed by atoms with Gasteiger partial charge in [0.05, 0.1) is 47.6 Å². The van der Waals surface area contributed by atoms with Crippen LogP contribution in [0.1, 0.15) is 54.9 Å². The summed E-state index contributed by atoms with van der Waals surface area (Å²) in [6, 6.07) is 6.31. The number of carbonyl (C=O) groups excluding carboxylic acids is 1. The fraction of sp³-hybridized carbons (Fsp3) is 0.519. The first-order chi connectivity index (χ1) is 17.9. The number of amides is 1. The summed E-state index contributed by atoms with van der Waals surface area (Å²) in [5.74, 6) is 0.00118. The van der Waals surface area contributed by atoms with Gasteiger partial charge in [-0.15, -0.1) is 0 Å². The zero-order chi connectivity index (χ0) is 25.4. The summed E-state index contributed by atoms with van der Waals surface area (Å²) in [7, 11) is 1.68. The van der Waals surface area contributed by atoms with Crippen molar-refractivity contribution in [3.05, 3.63) is 52.6 Å². The zero-order valence-electron chi connectivity index (χ0n) is 20.6. The van der Waals surface area contributed by atoms with Crippen LogP contribution in [-0.2, 0) is 15.0 Å². The number of nitrogens with zero attached hydrogens (tertiary/aromatic N) is 3. The quantitative estimate of drug-likeness (QED) is 0.500. The second-order valence-electron chi connectivity index (χ2n) is 11.0. The molecule has 2 bridgehead atoms. The molecule has 5 fully saturated rings. The topological polar surface area (TPSA) is 96.6 Å². The molecule has 1 aromatic carbocycles. The standard InChI is InChI=1S/C27H29FN4O5/c1-35-15-27-12-26(13-27,14-36-27)32-11-16-8-18(23(10-21(16)30-32)37-17-4-2-5-17)24(33)29-20-6-3-7-31(25(20)34)22-9-19(22)28/h3,6-8,10-11,17,19,22H,2,4-5,9,12-15H2,1H3,(H,29,33)/t19-,22-,26?,27?/m1/s1. The van der Waals surface area contributed by atoms with E-state index >= 15 is 0 Å². The zero-order valence-corrected chi connectivity index (χ0v) is 20.6. The van der Waals surface area contributed by atoms with Gasteiger partial charge in [-0.1, -0.05) is 0 Å². The number of rotatable bonds is 8. The van der Waals surface area contributed by atoms with Crippen molar-refractivity contribution in [2.75, 3.05) is 25.6 Å². The van der Waals surface area contributed by atoms with Gasteiger partial charge in [-0.05, 0) is 37.5 Å². The van der Waals surface area contributed by atoms with Crippen LogP contribution in [0.25, 0.3) is 10.9 Å². The van der Waals surface area contributed by atoms with E-state index in [4.69, 9.17) is 19.3 Å². The van der Waals surface area contributed by atoms with Crippen molar-refractivity contribution >= 4 is 22.5 Å². The van der Waals surface area contributed by atoms with Crippen molar-refractivity contribution in [2.45, 2.75) is 68.0 Å². The van der Waals surface area contributed by atoms with Gasteiger partial charge in [0, 0.05) is 50.2 Å². The van der Waals surface area contributed by atoms with Crippen LogP contribution in [0.2, 0.25) is 0 Å². The van der Waals surface area contributed by atoms with Crippen molar-refractivity contribution in [1.82, 2.24) is 14.3 Å². The van der Waals surface area contributed by atoms with Crippen molar-refractivity contribution in [3.63, 3.8) is 0 Å². The lowest BCUT2D eigenvalue weighted by molar-refractivity contribution is -0.0694. The van der Waals surface area contributed by atoms with Crippen LogP contribution in [0.4, 0.5) is 10.1 Å². The summed E-state index contributed by atoms with van der Waals surface area (Å²) in [5, 5.41) is 8.39. The number of pyridine rings is 1. The number of benzene rings is 1. The molecular formula is C27H29FN4O5. The van der Waals surface area contributed by atoms with E-state index in [-0.39, 0.29) is 22.9 Å². The molecule has 1 amide bonds. The molecule has 1 N–H and O–H groups in total. The minimum Gasteiger partial charge on any atom is -0.490 e. The number of fused-ring (bicyclic) bond motifs is 2. The summed E-state index contributed by atoms with van der Waals surface area (Å²) in [6.07, 6.45) is 7.49. The Hall–Kier alpha value is -3.24. The van der Waals surface area contributed by atoms with Crippen molar-refractivity contribution in [3.8, 4) is 5.75 Å². The highest BCUT2D eigenvalue weighted by Crippen LogP contribution is 2.56. The Morgan fingerprint density at radius 2 is 2.14 bits per heavy atom. The van der Waals surface area contributed by atoms with Crippen LogP contribution in [0.5, 0.6) is 5.75 Å². The number of nitrogens with one attached hydrogen (secondary N) is 1. The molecule has 2 aromatic heterocycles. The Morgan fingerprint density at radius 1 is 1.32 bits per heavy atom. The number of halogens is 1. The van der Waals surface area contributed by atoms with Crippen molar-refractivity contribution < 1.29 is 23.4 Å². The summed E-state index contributed by atoms with van der Waals surface area (Å²) >= 11 is 0. The minimum atomic E-state index is -1.02. The highest BCUT2D eigenvalue weighted by atomic mass is 19.1. The molecule has 0 unspecified atom stereocenters. The lowest BCUT2D eigenvalue weighted by Crippen LogP contribution is -2.53. The molecule has 5 aliphatic rings. The Balaban J connectivity index is 1.21. The second kappa shape index (κ2) is 8.13. The molecule has 3 aliphatic carbocycles. The Labute approximate surface area is 212 Å². The van der Waals surface area contributed by atoms with Gasteiger partial charge in [0.2, 0.25) is 0 Å². The third-order valence-electron chi connectivity index (χ3n) is 8.30. The summed E-state index contributed by atoms with van der Waals surface area (Å²) in [4.78, 5) is 26.3. The molecule has 0 spiro atoms. The van der Waals surface area contributed by atoms with E-state index < -0.39 is 23.7 Å². The van der Waals surface area contributed by atoms with Crippen LogP contribution in [0, 0.1) is 0 Å². The van der Waals surface area contributed by atoms with Gasteiger partial charge in [-0.3, -0.25) is 14.3 Å². The van der Waals surface area contributed by atoms with E-state index in [0.29, 0.717) is 30.9 Å². The lowest BCUT2D eigenvalue weighted by Gasteiger charge is -2.43. The molecule has 9 nitrogen and oxygen atoms in total. The average Bonchev–Trinajstić information content (AvgIpc) is 3.16. The maximum atomic E-state index is 13.6. The summed E-state index contributed by atoms with van der Waals surface area (Å²) < 4.78 is 34.5. The lowest BCUT2D eigenvalue weighted by atomic mass is 9.69. The van der Waals surface area contributed by atoms with Crippen LogP contribution >= 0.6 is 0 Å². The Kier molecular flexibility index (Phi) is 5.04. The summed E-state index contributed by atoms with van der Waals surface area (Å²) in [6.45, 7) is 1.14. The van der Waals surface area contributed by atoms with Gasteiger partial charge in [0.25, 0.3) is 11.5 Å². The van der Waals surface area contributed by atoms with Gasteiger partial charge in [0.15, 0.2) is 0 Å². The van der Waals surface area contributed by atoms with Crippen LogP contribution in [0.3, 0.4) is 0 Å². The fourth-order valence-corrected chi connectivity index (χ4v) is 6.01. The first kappa shape index (κ1) is 22.9. The van der Waals surface area contributed by atoms with Crippen molar-refractivity contribution in [2.24, 2.45) is 0 Å². The van der Waals surface area contributed by atoms with E-state index in [1.165, 1.54) is 10.6 Å². The maximum Gasteiger partial charge on any atom is 0.274 e. The number of aromatic nitrogens is 3. The Morgan fingerprint density at radius 3 is 2.84 bits per heavy atom. The molecule has 2 atom stereocenters. The minimum absolute atomic E-state index is 0.0551. The molecule has 8 rings (SSSR count). The fourth-order valence-electron chi connectivity index (χ4n) is 6.01. The van der Waals surface area contributed by atoms with E-state index in [2.05, 4.69) is 5.32 Å². The third kappa shape index (κ3) is 3.68. The number of methoxy groups -OCH3 is 1. The molecule has 0 radical (unpaired) electrons. The number of anilines is 1. The molecule has 2 aliphatic heterocycles. The van der Waals surface area contributed by atoms with Crippen LogP contribution in [-0.4, -0.2) is 58.5 Å². The first-order valence-electron chi connectivity index (χ1n) is 12.9. The molecule has 3 saturated carbocycles. The second-order valence-corrected chi connectivity index (χ2v) is 11.0. The Bertz CT molecular complexity index is 1450. The smallest absolute Gasteiger partial charge is 0.274 e. The predicted octanol–water partition coefficient (Wildman–Crippen LogP) is 3.57. The van der Waals surface area contributed by atoms with Gasteiger partial charge in [-0.25, -0.2) is 4.39 Å². The van der Waals surface area contributed by atoms with Gasteiger partial charge in [0.1, 0.15) is 17.6 Å². The van der Waals surface area contributed by atoms with Gasteiger partial charge in [-0.2, -0.15) is 5.10 Å². The summed E-state index contributed by atoms with van der Waals surface area (Å²) in [5.41, 5.74) is 0.333. The maximum absolute atomic E-state index is 13.6. The third-order valence-corrected chi connectivity index (χ3v) is 8.30. The molecule has 2 saturated heterocycles. The SMILES string of the molecule is COCC12CC(n3cc4cc(C(=O)Nc5cccn([C@@H]6C[C@H]6F)c5=O)c(OC5CCC5)cc4n3)(CO1)C2. The molecule has 194 valence electrons. The molecular weight excluding hydrogens is 479 g/mol. The van der Waals surface area contributed by atoms with E-state index in [1.54, 1.807) is 25.4 Å². The van der Waals surface area contributed by atoms with Gasteiger partial charge >= 0.3 is 0 Å². The molecule has 10 heteroatoms. The normalized spacial score (nSPS) is 30.1. The average molecular weight is 509 g/mol. The predicted molar refractivity (Wildman–Crippen MR) is 133 cm³/mol. The highest BCUT2D eigenvalue weighted by molar-refractivity contribution is 6.08. The highest BCUT2D eigenvalue weighted by Gasteiger charge is 2.64. The number of alkyl halides is 1. The molecule has 37 heavy (non-hydrogen) atoms. The van der Waals surface area contributed by atoms with E-state index in [9.17, 15) is 14.0 Å². The van der Waals surface area contributed by atoms with Crippen LogP contribution < -0.4 is 15.6 Å². The molecule has 3 aromatic rings. The largest absolute Gasteiger partial charge is 0.490 e. The van der Waals surface area contributed by atoms with Gasteiger partial charge < -0.3 is 24.1 Å².